The number of aliphatic hydroxyl groups is 2. The third-order valence-corrected chi connectivity index (χ3v) is 9.41. The van der Waals surface area contributed by atoms with Crippen molar-refractivity contribution in [3.05, 3.63) is 23.8 Å². The first-order chi connectivity index (χ1) is 15.6. The molecule has 0 bridgehead atoms. The molecule has 0 saturated heterocycles. The smallest absolute Gasteiger partial charge is 0.389 e. The number of fused-ring (bicyclic) bond motifs is 2. The van der Waals surface area contributed by atoms with Crippen molar-refractivity contribution in [3.8, 4) is 0 Å². The maximum absolute atomic E-state index is 12.1. The molecule has 0 spiro atoms. The van der Waals surface area contributed by atoms with Gasteiger partial charge in [0.2, 0.25) is 5.28 Å². The van der Waals surface area contributed by atoms with Crippen molar-refractivity contribution in [1.29, 1.82) is 0 Å². The number of imidazole rings is 1. The van der Waals surface area contributed by atoms with E-state index < -0.39 is 59.7 Å². The summed E-state index contributed by atoms with van der Waals surface area (Å²) in [5, 5.41) is 21.3. The Bertz CT molecular complexity index is 1320. The molecule has 17 nitrogen and oxygen atoms in total. The minimum Gasteiger partial charge on any atom is -0.389 e. The van der Waals surface area contributed by atoms with Crippen LogP contribution in [-0.4, -0.2) is 68.1 Å². The summed E-state index contributed by atoms with van der Waals surface area (Å²) >= 11 is 5.86. The van der Waals surface area contributed by atoms with Gasteiger partial charge in [-0.25, -0.2) is 18.7 Å². The van der Waals surface area contributed by atoms with E-state index in [1.807, 2.05) is 0 Å². The fourth-order valence-corrected chi connectivity index (χ4v) is 7.34. The number of rotatable bonds is 8. The van der Waals surface area contributed by atoms with Crippen molar-refractivity contribution in [3.63, 3.8) is 0 Å². The van der Waals surface area contributed by atoms with Gasteiger partial charge in [-0.2, -0.15) is 18.6 Å². The van der Waals surface area contributed by atoms with Gasteiger partial charge in [0, 0.05) is 11.3 Å². The van der Waals surface area contributed by atoms with Gasteiger partial charge < -0.3 is 40.1 Å². The van der Waals surface area contributed by atoms with Gasteiger partial charge in [0.1, 0.15) is 11.6 Å². The largest absolute Gasteiger partial charge is 0.490 e. The summed E-state index contributed by atoms with van der Waals surface area (Å²) in [6.45, 7) is -0.808. The van der Waals surface area contributed by atoms with Crippen molar-refractivity contribution < 1.29 is 56.6 Å². The number of nitrogen functional groups attached to an aromatic ring is 1. The van der Waals surface area contributed by atoms with E-state index in [-0.39, 0.29) is 22.3 Å². The Morgan fingerprint density at radius 2 is 1.79 bits per heavy atom. The number of aromatic nitrogens is 4. The maximum Gasteiger partial charge on any atom is 0.490 e. The van der Waals surface area contributed by atoms with E-state index in [1.54, 1.807) is 6.08 Å². The first kappa shape index (κ1) is 25.8. The quantitative estimate of drug-likeness (QED) is 0.125. The van der Waals surface area contributed by atoms with Crippen LogP contribution in [0.15, 0.2) is 18.5 Å². The summed E-state index contributed by atoms with van der Waals surface area (Å²) < 4.78 is 47.8. The summed E-state index contributed by atoms with van der Waals surface area (Å²) in [5.74, 6) is -0.748. The Kier molecular flexibility index (Phi) is 6.36. The van der Waals surface area contributed by atoms with E-state index in [0.29, 0.717) is 0 Å². The molecule has 188 valence electrons. The van der Waals surface area contributed by atoms with Crippen LogP contribution >= 0.6 is 35.1 Å². The van der Waals surface area contributed by atoms with Crippen molar-refractivity contribution in [2.75, 3.05) is 12.3 Å². The number of hydrogen-bond acceptors (Lipinski definition) is 12. The highest BCUT2D eigenvalue weighted by Crippen LogP contribution is 2.67. The third kappa shape index (κ3) is 4.61. The minimum atomic E-state index is -5.71. The van der Waals surface area contributed by atoms with Gasteiger partial charge in [-0.3, -0.25) is 4.52 Å². The number of halogens is 1. The van der Waals surface area contributed by atoms with E-state index in [2.05, 4.69) is 23.6 Å². The van der Waals surface area contributed by atoms with Gasteiger partial charge in [0.15, 0.2) is 11.5 Å². The average molecular weight is 564 g/mol. The van der Waals surface area contributed by atoms with Gasteiger partial charge in [-0.15, -0.1) is 0 Å². The predicted octanol–water partition coefficient (Wildman–Crippen LogP) is -0.146. The van der Waals surface area contributed by atoms with E-state index in [1.165, 1.54) is 17.0 Å². The van der Waals surface area contributed by atoms with E-state index >= 15 is 0 Å². The molecule has 2 heterocycles. The standard InChI is InChI=1S/C13H17ClN5O12P3/c14-12-17-10(15)6-11(18-12)19(4-16-6)7-5-1-2-13(5,9(21)8(7)20)3-29-33(25,26)31-34(27,28)30-32(22,23)24/h1-2,4-5,7-9,20-21H,3H2,(H,25,26)(H,27,28)(H2,15,17,18)(H2,22,23,24)/t5-,7-,8+,9+,13+/m1/s1. The molecule has 21 heteroatoms. The van der Waals surface area contributed by atoms with Crippen LogP contribution in [-0.2, 0) is 26.8 Å². The Balaban J connectivity index is 1.57. The molecule has 1 fully saturated rings. The zero-order valence-corrected chi connectivity index (χ0v) is 19.9. The molecule has 2 unspecified atom stereocenters. The monoisotopic (exact) mass is 563 g/mol. The molecular formula is C13H17ClN5O12P3. The summed E-state index contributed by atoms with van der Waals surface area (Å²) in [4.78, 5) is 48.1. The van der Waals surface area contributed by atoms with Crippen LogP contribution in [0, 0.1) is 11.3 Å². The zero-order valence-electron chi connectivity index (χ0n) is 16.5. The van der Waals surface area contributed by atoms with Crippen molar-refractivity contribution in [2.24, 2.45) is 11.3 Å². The normalized spacial score (nSPS) is 32.2. The number of allylic oxidation sites excluding steroid dienone is 1. The Labute approximate surface area is 194 Å². The second-order valence-corrected chi connectivity index (χ2v) is 12.2. The van der Waals surface area contributed by atoms with E-state index in [4.69, 9.17) is 31.6 Å². The fourth-order valence-electron chi connectivity index (χ4n) is 4.09. The number of nitrogens with zero attached hydrogens (tertiary/aromatic N) is 4. The summed E-state index contributed by atoms with van der Waals surface area (Å²) in [6, 6.07) is -0.917. The molecule has 0 aliphatic heterocycles. The van der Waals surface area contributed by atoms with Gasteiger partial charge in [0.25, 0.3) is 0 Å². The van der Waals surface area contributed by atoms with Crippen LogP contribution in [0.4, 0.5) is 5.82 Å². The molecule has 2 aliphatic rings. The summed E-state index contributed by atoms with van der Waals surface area (Å²) in [6.07, 6.45) is 1.22. The van der Waals surface area contributed by atoms with Crippen LogP contribution in [0.5, 0.6) is 0 Å². The molecule has 34 heavy (non-hydrogen) atoms. The van der Waals surface area contributed by atoms with Gasteiger partial charge in [0.05, 0.1) is 25.1 Å². The minimum absolute atomic E-state index is 0.0233. The van der Waals surface area contributed by atoms with Crippen molar-refractivity contribution in [2.45, 2.75) is 18.2 Å². The third-order valence-electron chi connectivity index (χ3n) is 5.46. The molecule has 1 saturated carbocycles. The Hall–Kier alpha value is -1.29. The van der Waals surface area contributed by atoms with Gasteiger partial charge in [-0.1, -0.05) is 12.2 Å². The molecule has 7 atom stereocenters. The maximum atomic E-state index is 12.1. The number of aliphatic hydroxyl groups excluding tert-OH is 2. The molecule has 0 amide bonds. The number of anilines is 1. The summed E-state index contributed by atoms with van der Waals surface area (Å²) in [7, 11) is -16.7. The number of nitrogens with two attached hydrogens (primary N) is 1. The molecule has 4 rings (SSSR count). The number of phosphoric acid groups is 3. The molecule has 2 aromatic heterocycles. The average Bonchev–Trinajstić information content (AvgIpc) is 3.10. The zero-order chi connectivity index (χ0) is 25.3. The predicted molar refractivity (Wildman–Crippen MR) is 111 cm³/mol. The lowest BCUT2D eigenvalue weighted by Gasteiger charge is -2.41. The molecule has 8 N–H and O–H groups in total. The van der Waals surface area contributed by atoms with Gasteiger partial charge >= 0.3 is 23.5 Å². The highest BCUT2D eigenvalue weighted by Gasteiger charge is 2.63. The highest BCUT2D eigenvalue weighted by molar-refractivity contribution is 7.66. The molecule has 0 aromatic carbocycles. The van der Waals surface area contributed by atoms with Crippen LogP contribution in [0.1, 0.15) is 6.04 Å². The first-order valence-electron chi connectivity index (χ1n) is 9.05. The lowest BCUT2D eigenvalue weighted by Crippen LogP contribution is -2.44. The lowest BCUT2D eigenvalue weighted by atomic mass is 9.68. The molecule has 0 radical (unpaired) electrons. The lowest BCUT2D eigenvalue weighted by molar-refractivity contribution is -0.0360. The Morgan fingerprint density at radius 3 is 2.38 bits per heavy atom. The van der Waals surface area contributed by atoms with Crippen molar-refractivity contribution in [1.82, 2.24) is 19.5 Å². The van der Waals surface area contributed by atoms with Gasteiger partial charge in [-0.05, 0) is 11.6 Å². The second kappa shape index (κ2) is 8.39. The van der Waals surface area contributed by atoms with Crippen molar-refractivity contribution >= 4 is 52.1 Å². The van der Waals surface area contributed by atoms with Crippen LogP contribution in [0.2, 0.25) is 5.28 Å². The number of hydrogen-bond donors (Lipinski definition) is 7. The topological polar surface area (TPSA) is 270 Å². The Morgan fingerprint density at radius 1 is 1.12 bits per heavy atom. The summed E-state index contributed by atoms with van der Waals surface area (Å²) in [5.41, 5.74) is 4.65. The SMILES string of the molecule is Nc1nc(Cl)nc2c1ncn2[C@H]1[C@H](O)[C@H](O)[C@]2(COP(=O)(O)OP(=O)(O)OP(=O)(O)O)C=C[C@H]12. The van der Waals surface area contributed by atoms with Crippen LogP contribution < -0.4 is 5.73 Å². The first-order valence-corrected chi connectivity index (χ1v) is 13.9. The van der Waals surface area contributed by atoms with E-state index in [9.17, 15) is 33.7 Å². The fraction of sp³-hybridized carbons (Fsp3) is 0.462. The van der Waals surface area contributed by atoms with Crippen LogP contribution in [0.25, 0.3) is 11.2 Å². The van der Waals surface area contributed by atoms with Crippen LogP contribution in [0.3, 0.4) is 0 Å². The molecule has 2 aliphatic carbocycles. The second-order valence-electron chi connectivity index (χ2n) is 7.49. The molecular weight excluding hydrogens is 547 g/mol. The number of phosphoric ester groups is 1. The van der Waals surface area contributed by atoms with E-state index in [0.717, 1.165) is 0 Å². The molecule has 2 aromatic rings. The highest BCUT2D eigenvalue weighted by atomic mass is 35.5.